The summed E-state index contributed by atoms with van der Waals surface area (Å²) in [5.41, 5.74) is 2.82. The molecule has 0 bridgehead atoms. The van der Waals surface area contributed by atoms with Gasteiger partial charge in [0.2, 0.25) is 0 Å². The van der Waals surface area contributed by atoms with Crippen LogP contribution in [0.2, 0.25) is 0 Å². The molecule has 1 aromatic heterocycles. The van der Waals surface area contributed by atoms with E-state index in [-0.39, 0.29) is 5.69 Å². The summed E-state index contributed by atoms with van der Waals surface area (Å²) in [6, 6.07) is 18.0. The summed E-state index contributed by atoms with van der Waals surface area (Å²) in [6.07, 6.45) is 1.22. The van der Waals surface area contributed by atoms with Gasteiger partial charge in [0, 0.05) is 28.7 Å². The fourth-order valence-electron chi connectivity index (χ4n) is 4.45. The van der Waals surface area contributed by atoms with Crippen LogP contribution in [0.25, 0.3) is 10.9 Å². The van der Waals surface area contributed by atoms with Gasteiger partial charge in [-0.1, -0.05) is 6.07 Å². The van der Waals surface area contributed by atoms with Crippen molar-refractivity contribution in [1.29, 1.82) is 0 Å². The first-order chi connectivity index (χ1) is 18.5. The lowest BCUT2D eigenvalue weighted by molar-refractivity contribution is 0.101. The molecule has 6 rings (SSSR count). The highest BCUT2D eigenvalue weighted by atomic mass is 19.1. The normalized spacial score (nSPS) is 14.6. The number of rotatable bonds is 6. The number of anilines is 2. The van der Waals surface area contributed by atoms with Gasteiger partial charge in [-0.05, 0) is 80.2 Å². The average Bonchev–Trinajstić information content (AvgIpc) is 2.92. The lowest BCUT2D eigenvalue weighted by atomic mass is 10.1. The molecule has 0 radical (unpaired) electrons. The number of pyridine rings is 1. The molecule has 8 nitrogen and oxygen atoms in total. The molecule has 2 aliphatic heterocycles. The molecule has 1 saturated heterocycles. The third-order valence-corrected chi connectivity index (χ3v) is 6.62. The first-order valence-electron chi connectivity index (χ1n) is 12.5. The Morgan fingerprint density at radius 1 is 0.842 bits per heavy atom. The van der Waals surface area contributed by atoms with Gasteiger partial charge in [0.1, 0.15) is 19.0 Å². The minimum absolute atomic E-state index is 0.0434. The van der Waals surface area contributed by atoms with Crippen LogP contribution in [0.5, 0.6) is 11.5 Å². The summed E-state index contributed by atoms with van der Waals surface area (Å²) in [5, 5.41) is 6.17. The number of likely N-dealkylation sites (tertiary alicyclic amines) is 1. The van der Waals surface area contributed by atoms with Gasteiger partial charge in [-0.2, -0.15) is 0 Å². The van der Waals surface area contributed by atoms with Crippen LogP contribution in [-0.2, 0) is 6.54 Å². The van der Waals surface area contributed by atoms with Crippen molar-refractivity contribution in [3.63, 3.8) is 0 Å². The summed E-state index contributed by atoms with van der Waals surface area (Å²) in [5.74, 6) is -0.411. The van der Waals surface area contributed by atoms with E-state index in [0.29, 0.717) is 41.5 Å². The van der Waals surface area contributed by atoms with E-state index < -0.39 is 17.6 Å². The molecule has 0 spiro atoms. The molecule has 0 atom stereocenters. The van der Waals surface area contributed by atoms with Gasteiger partial charge in [-0.3, -0.25) is 19.5 Å². The van der Waals surface area contributed by atoms with E-state index in [9.17, 15) is 14.0 Å². The standard InChI is InChI=1S/C29H25FN4O4/c30-23-7-6-21(32-28(35)20-4-9-26-27(15-20)38-13-12-37-26)16-25(23)33-29(36)19-3-8-24-18(14-19)2-5-22(31-24)17-34-10-1-11-34/h2-9,14-16H,1,10-13,17H2,(H,32,35)(H,33,36). The highest BCUT2D eigenvalue weighted by Gasteiger charge is 2.17. The van der Waals surface area contributed by atoms with Crippen LogP contribution in [-0.4, -0.2) is 48.0 Å². The Kier molecular flexibility index (Phi) is 6.35. The van der Waals surface area contributed by atoms with Gasteiger partial charge >= 0.3 is 0 Å². The largest absolute Gasteiger partial charge is 0.486 e. The molecule has 3 heterocycles. The molecular formula is C29H25FN4O4. The Balaban J connectivity index is 1.15. The van der Waals surface area contributed by atoms with E-state index in [2.05, 4.69) is 15.5 Å². The third kappa shape index (κ3) is 5.01. The minimum atomic E-state index is -0.617. The number of amides is 2. The number of ether oxygens (including phenoxy) is 2. The number of hydrogen-bond donors (Lipinski definition) is 2. The topological polar surface area (TPSA) is 92.8 Å². The van der Waals surface area contributed by atoms with Crippen LogP contribution < -0.4 is 20.1 Å². The molecule has 9 heteroatoms. The quantitative estimate of drug-likeness (QED) is 0.384. The highest BCUT2D eigenvalue weighted by molar-refractivity contribution is 6.07. The number of hydrogen-bond acceptors (Lipinski definition) is 6. The molecule has 192 valence electrons. The maximum absolute atomic E-state index is 14.6. The fraction of sp³-hybridized carbons (Fsp3) is 0.207. The zero-order valence-electron chi connectivity index (χ0n) is 20.5. The van der Waals surface area contributed by atoms with E-state index in [1.54, 1.807) is 36.4 Å². The summed E-state index contributed by atoms with van der Waals surface area (Å²) in [4.78, 5) is 32.7. The lowest BCUT2D eigenvalue weighted by Crippen LogP contribution is -2.36. The zero-order valence-corrected chi connectivity index (χ0v) is 20.5. The van der Waals surface area contributed by atoms with Crippen molar-refractivity contribution < 1.29 is 23.5 Å². The number of nitrogens with one attached hydrogen (secondary N) is 2. The van der Waals surface area contributed by atoms with Crippen LogP contribution in [0, 0.1) is 5.82 Å². The number of nitrogens with zero attached hydrogens (tertiary/aromatic N) is 2. The van der Waals surface area contributed by atoms with Gasteiger partial charge in [0.25, 0.3) is 11.8 Å². The van der Waals surface area contributed by atoms with Gasteiger partial charge in [0.05, 0.1) is 16.9 Å². The Morgan fingerprint density at radius 3 is 2.42 bits per heavy atom. The van der Waals surface area contributed by atoms with Crippen molar-refractivity contribution in [3.8, 4) is 11.5 Å². The highest BCUT2D eigenvalue weighted by Crippen LogP contribution is 2.31. The van der Waals surface area contributed by atoms with Crippen molar-refractivity contribution in [3.05, 3.63) is 89.4 Å². The van der Waals surface area contributed by atoms with Crippen molar-refractivity contribution in [2.24, 2.45) is 0 Å². The predicted molar refractivity (Wildman–Crippen MR) is 141 cm³/mol. The molecular weight excluding hydrogens is 487 g/mol. The number of carbonyl (C=O) groups excluding carboxylic acids is 2. The predicted octanol–water partition coefficient (Wildman–Crippen LogP) is 4.86. The van der Waals surface area contributed by atoms with Crippen LogP contribution in [0.15, 0.2) is 66.7 Å². The SMILES string of the molecule is O=C(Nc1ccc(F)c(NC(=O)c2ccc3nc(CN4CCC4)ccc3c2)c1)c1ccc2c(c1)OCCO2. The van der Waals surface area contributed by atoms with E-state index >= 15 is 0 Å². The Labute approximate surface area is 218 Å². The van der Waals surface area contributed by atoms with E-state index in [0.717, 1.165) is 36.2 Å². The Hall–Kier alpha value is -4.50. The maximum Gasteiger partial charge on any atom is 0.255 e. The summed E-state index contributed by atoms with van der Waals surface area (Å²) >= 11 is 0. The molecule has 2 aliphatic rings. The second-order valence-corrected chi connectivity index (χ2v) is 9.30. The molecule has 0 unspecified atom stereocenters. The summed E-state index contributed by atoms with van der Waals surface area (Å²) in [7, 11) is 0. The van der Waals surface area contributed by atoms with Crippen molar-refractivity contribution in [2.45, 2.75) is 13.0 Å². The second kappa shape index (κ2) is 10.1. The molecule has 1 fully saturated rings. The van der Waals surface area contributed by atoms with E-state index in [1.165, 1.54) is 24.6 Å². The van der Waals surface area contributed by atoms with Crippen LogP contribution in [0.3, 0.4) is 0 Å². The van der Waals surface area contributed by atoms with Crippen LogP contribution in [0.4, 0.5) is 15.8 Å². The number of fused-ring (bicyclic) bond motifs is 2. The number of carbonyl (C=O) groups is 2. The van der Waals surface area contributed by atoms with Crippen LogP contribution in [0.1, 0.15) is 32.8 Å². The minimum Gasteiger partial charge on any atom is -0.486 e. The number of halogens is 1. The molecule has 2 amide bonds. The first kappa shape index (κ1) is 23.9. The van der Waals surface area contributed by atoms with Crippen molar-refractivity contribution >= 4 is 34.1 Å². The summed E-state index contributed by atoms with van der Waals surface area (Å²) < 4.78 is 25.6. The van der Waals surface area contributed by atoms with Gasteiger partial charge in [0.15, 0.2) is 11.5 Å². The smallest absolute Gasteiger partial charge is 0.255 e. The Morgan fingerprint density at radius 2 is 1.61 bits per heavy atom. The second-order valence-electron chi connectivity index (χ2n) is 9.30. The molecule has 0 saturated carbocycles. The first-order valence-corrected chi connectivity index (χ1v) is 12.5. The summed E-state index contributed by atoms with van der Waals surface area (Å²) in [6.45, 7) is 3.88. The molecule has 4 aromatic rings. The van der Waals surface area contributed by atoms with Gasteiger partial charge < -0.3 is 20.1 Å². The van der Waals surface area contributed by atoms with E-state index in [1.807, 2.05) is 12.1 Å². The monoisotopic (exact) mass is 512 g/mol. The fourth-order valence-corrected chi connectivity index (χ4v) is 4.45. The number of benzene rings is 3. The van der Waals surface area contributed by atoms with E-state index in [4.69, 9.17) is 14.5 Å². The maximum atomic E-state index is 14.6. The van der Waals surface area contributed by atoms with Crippen molar-refractivity contribution in [1.82, 2.24) is 9.88 Å². The van der Waals surface area contributed by atoms with Crippen LogP contribution >= 0.6 is 0 Å². The average molecular weight is 513 g/mol. The lowest BCUT2D eigenvalue weighted by Gasteiger charge is -2.30. The number of aromatic nitrogens is 1. The Bertz CT molecular complexity index is 1550. The molecule has 2 N–H and O–H groups in total. The van der Waals surface area contributed by atoms with Gasteiger partial charge in [-0.25, -0.2) is 4.39 Å². The molecule has 38 heavy (non-hydrogen) atoms. The van der Waals surface area contributed by atoms with Crippen molar-refractivity contribution in [2.75, 3.05) is 36.9 Å². The zero-order chi connectivity index (χ0) is 26.1. The molecule has 3 aromatic carbocycles. The third-order valence-electron chi connectivity index (χ3n) is 6.62. The van der Waals surface area contributed by atoms with Gasteiger partial charge in [-0.15, -0.1) is 0 Å². The molecule has 0 aliphatic carbocycles.